The van der Waals surface area contributed by atoms with Gasteiger partial charge in [0, 0.05) is 4.83 Å². The van der Waals surface area contributed by atoms with E-state index in [1.807, 2.05) is 0 Å². The van der Waals surface area contributed by atoms with E-state index in [1.54, 1.807) is 12.1 Å². The van der Waals surface area contributed by atoms with Crippen LogP contribution in [-0.4, -0.2) is 0 Å². The van der Waals surface area contributed by atoms with Crippen molar-refractivity contribution in [1.82, 2.24) is 0 Å². The Balaban J connectivity index is 2.06. The van der Waals surface area contributed by atoms with Gasteiger partial charge in [0.2, 0.25) is 0 Å². The Morgan fingerprint density at radius 3 is 2.43 bits per heavy atom. The average Bonchev–Trinajstić information content (AvgIpc) is 2.50. The van der Waals surface area contributed by atoms with Crippen molar-refractivity contribution in [1.29, 1.82) is 0 Å². The third-order valence-electron chi connectivity index (χ3n) is 3.59. The van der Waals surface area contributed by atoms with E-state index in [0.717, 1.165) is 18.1 Å². The van der Waals surface area contributed by atoms with Gasteiger partial charge >= 0.3 is 0 Å². The van der Waals surface area contributed by atoms with Crippen molar-refractivity contribution in [2.75, 3.05) is 0 Å². The van der Waals surface area contributed by atoms with Crippen molar-refractivity contribution in [3.05, 3.63) is 70.8 Å². The topological polar surface area (TPSA) is 0 Å². The van der Waals surface area contributed by atoms with Crippen LogP contribution in [0.5, 0.6) is 0 Å². The lowest BCUT2D eigenvalue weighted by Crippen LogP contribution is -2.00. The van der Waals surface area contributed by atoms with Gasteiger partial charge in [-0.25, -0.2) is 8.78 Å². The summed E-state index contributed by atoms with van der Waals surface area (Å²) in [6.07, 6.45) is 3.88. The zero-order chi connectivity index (χ0) is 15.2. The fraction of sp³-hybridized carbons (Fsp3) is 0.333. The van der Waals surface area contributed by atoms with Crippen LogP contribution in [0.1, 0.15) is 41.3 Å². The van der Waals surface area contributed by atoms with Gasteiger partial charge in [-0.2, -0.15) is 0 Å². The van der Waals surface area contributed by atoms with Crippen LogP contribution in [0.2, 0.25) is 0 Å². The molecule has 0 aliphatic rings. The molecule has 0 N–H and O–H groups in total. The van der Waals surface area contributed by atoms with Crippen molar-refractivity contribution >= 4 is 15.9 Å². The van der Waals surface area contributed by atoms with Crippen LogP contribution < -0.4 is 0 Å². The second-order valence-electron chi connectivity index (χ2n) is 5.23. The summed E-state index contributed by atoms with van der Waals surface area (Å²) < 4.78 is 26.9. The van der Waals surface area contributed by atoms with E-state index in [0.29, 0.717) is 12.0 Å². The summed E-state index contributed by atoms with van der Waals surface area (Å²) in [5, 5.41) is 0. The molecule has 0 aliphatic carbocycles. The van der Waals surface area contributed by atoms with E-state index >= 15 is 0 Å². The van der Waals surface area contributed by atoms with Gasteiger partial charge in [0.15, 0.2) is 11.6 Å². The molecule has 0 spiro atoms. The maximum absolute atomic E-state index is 13.7. The lowest BCUT2D eigenvalue weighted by Gasteiger charge is -2.12. The Morgan fingerprint density at radius 2 is 1.76 bits per heavy atom. The molecule has 0 heterocycles. The van der Waals surface area contributed by atoms with E-state index < -0.39 is 11.6 Å². The van der Waals surface area contributed by atoms with Crippen LogP contribution in [0.3, 0.4) is 0 Å². The van der Waals surface area contributed by atoms with Gasteiger partial charge < -0.3 is 0 Å². The number of unbranched alkanes of at least 4 members (excludes halogenated alkanes) is 1. The Kier molecular flexibility index (Phi) is 5.92. The minimum atomic E-state index is -0.790. The lowest BCUT2D eigenvalue weighted by molar-refractivity contribution is 0.498. The maximum Gasteiger partial charge on any atom is 0.162 e. The molecule has 2 aromatic carbocycles. The smallest absolute Gasteiger partial charge is 0.162 e. The molecule has 0 amide bonds. The first-order valence-corrected chi connectivity index (χ1v) is 8.19. The predicted molar refractivity (Wildman–Crippen MR) is 86.8 cm³/mol. The molecular weight excluding hydrogens is 334 g/mol. The van der Waals surface area contributed by atoms with Crippen LogP contribution in [0, 0.1) is 11.6 Å². The predicted octanol–water partition coefficient (Wildman–Crippen LogP) is 5.99. The Morgan fingerprint density at radius 1 is 1.05 bits per heavy atom. The molecular formula is C18H19BrF2. The van der Waals surface area contributed by atoms with Gasteiger partial charge in [0.25, 0.3) is 0 Å². The van der Waals surface area contributed by atoms with Crippen LogP contribution >= 0.6 is 15.9 Å². The van der Waals surface area contributed by atoms with Gasteiger partial charge in [-0.1, -0.05) is 65.7 Å². The lowest BCUT2D eigenvalue weighted by atomic mass is 10.0. The van der Waals surface area contributed by atoms with E-state index in [4.69, 9.17) is 0 Å². The second kappa shape index (κ2) is 7.69. The molecule has 3 heteroatoms. The molecule has 1 unspecified atom stereocenters. The van der Waals surface area contributed by atoms with Gasteiger partial charge in [0.05, 0.1) is 0 Å². The zero-order valence-electron chi connectivity index (χ0n) is 12.1. The van der Waals surface area contributed by atoms with Crippen LogP contribution in [0.15, 0.2) is 42.5 Å². The second-order valence-corrected chi connectivity index (χ2v) is 6.34. The first-order chi connectivity index (χ1) is 10.1. The van der Waals surface area contributed by atoms with Crippen molar-refractivity contribution in [2.45, 2.75) is 37.4 Å². The molecule has 0 saturated heterocycles. The third-order valence-corrected chi connectivity index (χ3v) is 4.44. The monoisotopic (exact) mass is 352 g/mol. The van der Waals surface area contributed by atoms with E-state index in [2.05, 4.69) is 47.1 Å². The highest BCUT2D eigenvalue weighted by Crippen LogP contribution is 2.28. The highest BCUT2D eigenvalue weighted by atomic mass is 79.9. The number of hydrogen-bond donors (Lipinski definition) is 0. The number of aryl methyl sites for hydroxylation is 1. The van der Waals surface area contributed by atoms with Crippen molar-refractivity contribution in [2.24, 2.45) is 0 Å². The highest BCUT2D eigenvalue weighted by molar-refractivity contribution is 9.09. The largest absolute Gasteiger partial charge is 0.204 e. The Labute approximate surface area is 133 Å². The average molecular weight is 353 g/mol. The Hall–Kier alpha value is -1.22. The standard InChI is InChI=1S/C18H19BrF2/c1-2-3-5-13-8-10-14(11-9-13)16(19)12-15-6-4-7-17(20)18(15)21/h4,6-11,16H,2-3,5,12H2,1H3. The zero-order valence-corrected chi connectivity index (χ0v) is 13.7. The first kappa shape index (κ1) is 16.2. The normalized spacial score (nSPS) is 12.4. The SMILES string of the molecule is CCCCc1ccc(C(Br)Cc2cccc(F)c2F)cc1. The van der Waals surface area contributed by atoms with Crippen LogP contribution in [0.25, 0.3) is 0 Å². The highest BCUT2D eigenvalue weighted by Gasteiger charge is 2.13. The molecule has 0 aromatic heterocycles. The quantitative estimate of drug-likeness (QED) is 0.560. The molecule has 2 aromatic rings. The maximum atomic E-state index is 13.7. The summed E-state index contributed by atoms with van der Waals surface area (Å²) in [5.74, 6) is -1.54. The van der Waals surface area contributed by atoms with E-state index in [1.165, 1.54) is 18.4 Å². The summed E-state index contributed by atoms with van der Waals surface area (Å²) in [4.78, 5) is -0.0194. The number of benzene rings is 2. The molecule has 0 nitrogen and oxygen atoms in total. The fourth-order valence-electron chi connectivity index (χ4n) is 2.29. The van der Waals surface area contributed by atoms with E-state index in [9.17, 15) is 8.78 Å². The molecule has 21 heavy (non-hydrogen) atoms. The first-order valence-electron chi connectivity index (χ1n) is 7.27. The van der Waals surface area contributed by atoms with E-state index in [-0.39, 0.29) is 4.83 Å². The Bertz CT molecular complexity index is 578. The number of halogens is 3. The fourth-order valence-corrected chi connectivity index (χ4v) is 2.95. The summed E-state index contributed by atoms with van der Waals surface area (Å²) in [5.41, 5.74) is 2.79. The molecule has 1 atom stereocenters. The summed E-state index contributed by atoms with van der Waals surface area (Å²) in [6.45, 7) is 2.18. The summed E-state index contributed by atoms with van der Waals surface area (Å²) in [7, 11) is 0. The summed E-state index contributed by atoms with van der Waals surface area (Å²) in [6, 6.07) is 12.7. The molecule has 0 saturated carbocycles. The van der Waals surface area contributed by atoms with Crippen molar-refractivity contribution in [3.63, 3.8) is 0 Å². The molecule has 0 fully saturated rings. The van der Waals surface area contributed by atoms with Gasteiger partial charge in [-0.15, -0.1) is 0 Å². The third kappa shape index (κ3) is 4.37. The molecule has 0 radical (unpaired) electrons. The van der Waals surface area contributed by atoms with Crippen molar-refractivity contribution in [3.8, 4) is 0 Å². The summed E-state index contributed by atoms with van der Waals surface area (Å²) >= 11 is 3.57. The van der Waals surface area contributed by atoms with Crippen LogP contribution in [-0.2, 0) is 12.8 Å². The number of alkyl halides is 1. The molecule has 0 aliphatic heterocycles. The minimum Gasteiger partial charge on any atom is -0.204 e. The molecule has 112 valence electrons. The van der Waals surface area contributed by atoms with Crippen molar-refractivity contribution < 1.29 is 8.78 Å². The van der Waals surface area contributed by atoms with Gasteiger partial charge in [-0.05, 0) is 42.0 Å². The molecule has 0 bridgehead atoms. The minimum absolute atomic E-state index is 0.0194. The number of hydrogen-bond acceptors (Lipinski definition) is 0. The molecule has 2 rings (SSSR count). The van der Waals surface area contributed by atoms with Gasteiger partial charge in [-0.3, -0.25) is 0 Å². The van der Waals surface area contributed by atoms with Crippen LogP contribution in [0.4, 0.5) is 8.78 Å². The van der Waals surface area contributed by atoms with Gasteiger partial charge in [0.1, 0.15) is 0 Å². The number of rotatable bonds is 6.